The number of thiophene rings is 1. The van der Waals surface area contributed by atoms with Crippen LogP contribution in [0.5, 0.6) is 5.75 Å². The number of benzene rings is 1. The maximum absolute atomic E-state index is 14.8. The van der Waals surface area contributed by atoms with E-state index in [1.165, 1.54) is 23.8 Å². The monoisotopic (exact) mass is 678 g/mol. The minimum Gasteiger partial charge on any atom is -0.496 e. The van der Waals surface area contributed by atoms with Crippen molar-refractivity contribution in [1.82, 2.24) is 19.0 Å². The molecular formula is C35H42N4O8S. The number of aliphatic hydroxyl groups is 1. The molecule has 1 amide bonds. The number of carbonyl (C=O) groups excluding carboxylic acids is 1. The molecule has 3 fully saturated rings. The second kappa shape index (κ2) is 12.9. The lowest BCUT2D eigenvalue weighted by atomic mass is 10.0. The van der Waals surface area contributed by atoms with Gasteiger partial charge in [-0.1, -0.05) is 18.2 Å². The predicted molar refractivity (Wildman–Crippen MR) is 179 cm³/mol. The quantitative estimate of drug-likeness (QED) is 0.277. The number of ether oxygens (including phenoxy) is 3. The Bertz CT molecular complexity index is 1910. The van der Waals surface area contributed by atoms with Crippen molar-refractivity contribution in [3.8, 4) is 16.5 Å². The summed E-state index contributed by atoms with van der Waals surface area (Å²) < 4.78 is 26.4. The van der Waals surface area contributed by atoms with Gasteiger partial charge in [0.15, 0.2) is 0 Å². The molecule has 1 aromatic carbocycles. The number of oxazole rings is 1. The number of aliphatic hydroxyl groups excluding tert-OH is 1. The summed E-state index contributed by atoms with van der Waals surface area (Å²) in [6.07, 6.45) is 5.25. The first-order valence-electron chi connectivity index (χ1n) is 16.6. The second-order valence-corrected chi connectivity index (χ2v) is 14.7. The van der Waals surface area contributed by atoms with Crippen LogP contribution < -0.4 is 16.0 Å². The smallest absolute Gasteiger partial charge is 0.333 e. The predicted octanol–water partition coefficient (Wildman–Crippen LogP) is 4.10. The lowest BCUT2D eigenvalue weighted by Gasteiger charge is -2.35. The number of hydrogen-bond acceptors (Lipinski definition) is 10. The van der Waals surface area contributed by atoms with Gasteiger partial charge in [0.25, 0.3) is 5.56 Å². The molecular weight excluding hydrogens is 636 g/mol. The van der Waals surface area contributed by atoms with E-state index in [1.807, 2.05) is 31.2 Å². The summed E-state index contributed by atoms with van der Waals surface area (Å²) in [6, 6.07) is 7.60. The molecule has 12 nitrogen and oxygen atoms in total. The topological polar surface area (TPSA) is 138 Å². The van der Waals surface area contributed by atoms with Crippen molar-refractivity contribution in [3.05, 3.63) is 68.7 Å². The van der Waals surface area contributed by atoms with Crippen LogP contribution in [0.25, 0.3) is 21.0 Å². The highest BCUT2D eigenvalue weighted by molar-refractivity contribution is 7.22. The Labute approximate surface area is 281 Å². The van der Waals surface area contributed by atoms with Crippen LogP contribution in [-0.4, -0.2) is 75.7 Å². The zero-order valence-electron chi connectivity index (χ0n) is 27.7. The molecule has 3 aromatic heterocycles. The molecule has 1 N–H and O–H groups in total. The average molecular weight is 679 g/mol. The van der Waals surface area contributed by atoms with Gasteiger partial charge in [0.05, 0.1) is 55.5 Å². The van der Waals surface area contributed by atoms with Gasteiger partial charge >= 0.3 is 5.69 Å². The van der Waals surface area contributed by atoms with Crippen LogP contribution in [0.1, 0.15) is 56.8 Å². The highest BCUT2D eigenvalue weighted by atomic mass is 32.1. The molecule has 48 heavy (non-hydrogen) atoms. The Kier molecular flexibility index (Phi) is 8.82. The number of carbonyl (C=O) groups is 1. The van der Waals surface area contributed by atoms with Gasteiger partial charge in [0, 0.05) is 18.7 Å². The molecule has 4 heterocycles. The number of amides is 1. The largest absolute Gasteiger partial charge is 0.496 e. The van der Waals surface area contributed by atoms with Crippen LogP contribution in [0.2, 0.25) is 0 Å². The fourth-order valence-corrected chi connectivity index (χ4v) is 9.22. The zero-order valence-corrected chi connectivity index (χ0v) is 28.5. The lowest BCUT2D eigenvalue weighted by Crippen LogP contribution is -2.58. The number of hydrogen-bond donors (Lipinski definition) is 1. The third kappa shape index (κ3) is 5.70. The third-order valence-electron chi connectivity index (χ3n) is 10.4. The number of aromatic nitrogens is 3. The molecule has 2 saturated carbocycles. The van der Waals surface area contributed by atoms with E-state index >= 15 is 0 Å². The van der Waals surface area contributed by atoms with Gasteiger partial charge in [-0.15, -0.1) is 11.3 Å². The normalized spacial score (nSPS) is 23.5. The van der Waals surface area contributed by atoms with E-state index in [-0.39, 0.29) is 24.7 Å². The van der Waals surface area contributed by atoms with Crippen molar-refractivity contribution in [3.63, 3.8) is 0 Å². The number of morpholine rings is 1. The van der Waals surface area contributed by atoms with Crippen LogP contribution >= 0.6 is 11.3 Å². The SMILES string of the molecule is COc1ccccc1C(Cn1c(=O)n(C(C)(C)C(=O)N2CCOCC2)c(=O)c2c(C)c(-c3ncco3)sc21)OC1CC2CC(O)C[C@H]2C1. The van der Waals surface area contributed by atoms with E-state index in [1.54, 1.807) is 30.4 Å². The number of para-hydroxylation sites is 1. The van der Waals surface area contributed by atoms with Crippen molar-refractivity contribution in [2.24, 2.45) is 11.8 Å². The van der Waals surface area contributed by atoms with Gasteiger partial charge < -0.3 is 28.6 Å². The summed E-state index contributed by atoms with van der Waals surface area (Å²) in [6.45, 7) is 6.67. The molecule has 2 aliphatic carbocycles. The van der Waals surface area contributed by atoms with Crippen molar-refractivity contribution in [1.29, 1.82) is 0 Å². The molecule has 1 aliphatic heterocycles. The molecule has 0 radical (unpaired) electrons. The van der Waals surface area contributed by atoms with Crippen molar-refractivity contribution >= 4 is 27.5 Å². The van der Waals surface area contributed by atoms with Crippen LogP contribution in [0, 0.1) is 18.8 Å². The minimum absolute atomic E-state index is 0.0667. The van der Waals surface area contributed by atoms with Gasteiger partial charge in [-0.25, -0.2) is 14.3 Å². The first-order chi connectivity index (χ1) is 23.1. The summed E-state index contributed by atoms with van der Waals surface area (Å²) in [7, 11) is 1.60. The molecule has 13 heteroatoms. The first-order valence-corrected chi connectivity index (χ1v) is 17.4. The Morgan fingerprint density at radius 3 is 2.50 bits per heavy atom. The van der Waals surface area contributed by atoms with Gasteiger partial charge in [0.1, 0.15) is 28.5 Å². The Morgan fingerprint density at radius 2 is 1.83 bits per heavy atom. The van der Waals surface area contributed by atoms with Crippen LogP contribution in [0.15, 0.2) is 50.7 Å². The molecule has 1 saturated heterocycles. The standard InChI is InChI=1S/C35H42N4O8S/c1-20-28-31(41)39(35(2,3)33(42)37-10-13-45-14-11-37)34(43)38(32(28)48-29(20)30-36-9-12-46-30)19-27(25-7-5-6-8-26(25)44-4)47-24-17-21-15-23(40)16-22(21)18-24/h5-9,12,21-24,27,40H,10-11,13-19H2,1-4H3/t21-,22?,23?,24?,27?/m0/s1. The third-order valence-corrected chi connectivity index (χ3v) is 11.7. The summed E-state index contributed by atoms with van der Waals surface area (Å²) in [4.78, 5) is 50.3. The molecule has 256 valence electrons. The lowest BCUT2D eigenvalue weighted by molar-refractivity contribution is -0.143. The molecule has 5 atom stereocenters. The first kappa shape index (κ1) is 32.8. The molecule has 3 aliphatic rings. The zero-order chi connectivity index (χ0) is 33.7. The van der Waals surface area contributed by atoms with E-state index < -0.39 is 22.9 Å². The van der Waals surface area contributed by atoms with E-state index in [9.17, 15) is 19.5 Å². The molecule has 7 rings (SSSR count). The summed E-state index contributed by atoms with van der Waals surface area (Å²) >= 11 is 1.26. The van der Waals surface area contributed by atoms with Gasteiger partial charge in [0.2, 0.25) is 11.8 Å². The van der Waals surface area contributed by atoms with Gasteiger partial charge in [-0.3, -0.25) is 14.2 Å². The van der Waals surface area contributed by atoms with Crippen molar-refractivity contribution in [2.45, 2.75) is 76.9 Å². The Balaban J connectivity index is 1.38. The van der Waals surface area contributed by atoms with E-state index in [2.05, 4.69) is 4.98 Å². The molecule has 4 unspecified atom stereocenters. The van der Waals surface area contributed by atoms with Crippen LogP contribution in [0.3, 0.4) is 0 Å². The number of rotatable bonds is 9. The Hall–Kier alpha value is -3.78. The average Bonchev–Trinajstić information content (AvgIpc) is 3.87. The highest BCUT2D eigenvalue weighted by Crippen LogP contribution is 2.47. The number of aryl methyl sites for hydroxylation is 1. The van der Waals surface area contributed by atoms with Crippen LogP contribution in [-0.2, 0) is 26.4 Å². The molecule has 0 spiro atoms. The summed E-state index contributed by atoms with van der Waals surface area (Å²) in [5.41, 5.74) is -1.24. The minimum atomic E-state index is -1.50. The van der Waals surface area contributed by atoms with Gasteiger partial charge in [-0.2, -0.15) is 0 Å². The fraction of sp³-hybridized carbons (Fsp3) is 0.543. The van der Waals surface area contributed by atoms with Crippen LogP contribution in [0.4, 0.5) is 0 Å². The molecule has 0 bridgehead atoms. The van der Waals surface area contributed by atoms with Gasteiger partial charge in [-0.05, 0) is 69.9 Å². The van der Waals surface area contributed by atoms with E-state index in [4.69, 9.17) is 18.6 Å². The highest BCUT2D eigenvalue weighted by Gasteiger charge is 2.43. The van der Waals surface area contributed by atoms with E-state index in [0.717, 1.165) is 35.8 Å². The summed E-state index contributed by atoms with van der Waals surface area (Å²) in [5.74, 6) is 1.44. The second-order valence-electron chi connectivity index (χ2n) is 13.7. The number of fused-ring (bicyclic) bond motifs is 2. The Morgan fingerprint density at radius 1 is 1.12 bits per heavy atom. The fourth-order valence-electron chi connectivity index (χ4n) is 7.97. The van der Waals surface area contributed by atoms with Crippen molar-refractivity contribution in [2.75, 3.05) is 33.4 Å². The van der Waals surface area contributed by atoms with Crippen molar-refractivity contribution < 1.29 is 28.5 Å². The maximum Gasteiger partial charge on any atom is 0.333 e. The number of nitrogens with zero attached hydrogens (tertiary/aromatic N) is 4. The molecule has 4 aromatic rings. The van der Waals surface area contributed by atoms with E-state index in [0.29, 0.717) is 70.4 Å². The maximum atomic E-state index is 14.8. The summed E-state index contributed by atoms with van der Waals surface area (Å²) in [5, 5.41) is 10.6. The number of methoxy groups -OCH3 is 1.